The molecule has 1 fully saturated rings. The number of carbonyl (C=O) groups is 1. The molecule has 0 aromatic carbocycles. The Balaban J connectivity index is 2.12. The highest BCUT2D eigenvalue weighted by Crippen LogP contribution is 2.48. The monoisotopic (exact) mass is 265 g/mol. The highest BCUT2D eigenvalue weighted by Gasteiger charge is 2.37. The Morgan fingerprint density at radius 2 is 2.26 bits per heavy atom. The van der Waals surface area contributed by atoms with Crippen LogP contribution < -0.4 is 5.73 Å². The van der Waals surface area contributed by atoms with Gasteiger partial charge in [-0.15, -0.1) is 0 Å². The molecule has 2 N–H and O–H groups in total. The van der Waals surface area contributed by atoms with E-state index in [2.05, 4.69) is 6.92 Å². The van der Waals surface area contributed by atoms with Crippen LogP contribution in [0.15, 0.2) is 16.5 Å². The van der Waals surface area contributed by atoms with E-state index in [0.29, 0.717) is 11.8 Å². The Morgan fingerprint density at radius 3 is 2.79 bits per heavy atom. The molecule has 4 heteroatoms. The minimum atomic E-state index is -0.244. The van der Waals surface area contributed by atoms with Gasteiger partial charge in [-0.1, -0.05) is 13.8 Å². The zero-order valence-electron chi connectivity index (χ0n) is 11.9. The van der Waals surface area contributed by atoms with E-state index >= 15 is 0 Å². The minimum absolute atomic E-state index is 0.0882. The molecule has 4 nitrogen and oxygen atoms in total. The number of carbonyl (C=O) groups excluding carboxylic acids is 1. The number of esters is 1. The molecule has 0 aliphatic heterocycles. The molecular formula is C15H23NO3. The summed E-state index contributed by atoms with van der Waals surface area (Å²) in [6.45, 7) is 4.23. The maximum atomic E-state index is 11.5. The lowest BCUT2D eigenvalue weighted by Gasteiger charge is -2.19. The van der Waals surface area contributed by atoms with Crippen LogP contribution in [0.3, 0.4) is 0 Å². The van der Waals surface area contributed by atoms with Crippen molar-refractivity contribution in [2.45, 2.75) is 51.0 Å². The van der Waals surface area contributed by atoms with E-state index in [0.717, 1.165) is 17.9 Å². The van der Waals surface area contributed by atoms with Gasteiger partial charge in [0.2, 0.25) is 0 Å². The summed E-state index contributed by atoms with van der Waals surface area (Å²) in [6.07, 6.45) is 2.27. The zero-order chi connectivity index (χ0) is 14.0. The quantitative estimate of drug-likeness (QED) is 0.803. The van der Waals surface area contributed by atoms with Crippen molar-refractivity contribution in [3.8, 4) is 0 Å². The minimum Gasteiger partial charge on any atom is -0.469 e. The fourth-order valence-electron chi connectivity index (χ4n) is 2.50. The molecule has 1 aliphatic rings. The standard InChI is InChI=1S/C15H23NO3/c1-4-12(16)11(8-15(17)18-3)14-6-5-13(19-14)10-7-9(10)2/h5-6,9-12H,4,7-8,16H2,1-3H3. The topological polar surface area (TPSA) is 65.5 Å². The molecule has 1 aromatic heterocycles. The Morgan fingerprint density at radius 1 is 1.58 bits per heavy atom. The van der Waals surface area contributed by atoms with E-state index in [-0.39, 0.29) is 24.3 Å². The van der Waals surface area contributed by atoms with E-state index < -0.39 is 0 Å². The predicted molar refractivity (Wildman–Crippen MR) is 72.9 cm³/mol. The lowest BCUT2D eigenvalue weighted by Crippen LogP contribution is -2.29. The number of rotatable bonds is 6. The third-order valence-electron chi connectivity index (χ3n) is 4.09. The molecule has 1 heterocycles. The van der Waals surface area contributed by atoms with Crippen LogP contribution in [0.2, 0.25) is 0 Å². The first-order valence-corrected chi connectivity index (χ1v) is 6.98. The number of ether oxygens (including phenoxy) is 1. The molecule has 0 bridgehead atoms. The van der Waals surface area contributed by atoms with Crippen LogP contribution in [0.4, 0.5) is 0 Å². The summed E-state index contributed by atoms with van der Waals surface area (Å²) in [7, 11) is 1.40. The van der Waals surface area contributed by atoms with E-state index in [1.54, 1.807) is 0 Å². The number of methoxy groups -OCH3 is 1. The first-order chi connectivity index (χ1) is 9.06. The zero-order valence-corrected chi connectivity index (χ0v) is 11.9. The molecule has 106 valence electrons. The maximum Gasteiger partial charge on any atom is 0.306 e. The van der Waals surface area contributed by atoms with E-state index in [1.807, 2.05) is 19.1 Å². The summed E-state index contributed by atoms with van der Waals surface area (Å²) in [5.74, 6) is 2.75. The van der Waals surface area contributed by atoms with Gasteiger partial charge in [0.25, 0.3) is 0 Å². The van der Waals surface area contributed by atoms with Gasteiger partial charge < -0.3 is 14.9 Å². The third-order valence-corrected chi connectivity index (χ3v) is 4.09. The van der Waals surface area contributed by atoms with Crippen LogP contribution >= 0.6 is 0 Å². The Kier molecular flexibility index (Phi) is 4.30. The summed E-state index contributed by atoms with van der Waals surface area (Å²) < 4.78 is 10.7. The van der Waals surface area contributed by atoms with Gasteiger partial charge in [0.15, 0.2) is 0 Å². The molecule has 2 rings (SSSR count). The Labute approximate surface area is 114 Å². The van der Waals surface area contributed by atoms with Gasteiger partial charge in [-0.3, -0.25) is 4.79 Å². The Hall–Kier alpha value is -1.29. The average Bonchev–Trinajstić information content (AvgIpc) is 2.95. The second-order valence-electron chi connectivity index (χ2n) is 5.52. The molecular weight excluding hydrogens is 242 g/mol. The summed E-state index contributed by atoms with van der Waals surface area (Å²) in [4.78, 5) is 11.5. The third kappa shape index (κ3) is 3.18. The van der Waals surface area contributed by atoms with Gasteiger partial charge in [0, 0.05) is 17.9 Å². The lowest BCUT2D eigenvalue weighted by atomic mass is 9.92. The summed E-state index contributed by atoms with van der Waals surface area (Å²) in [5, 5.41) is 0. The molecule has 1 aliphatic carbocycles. The van der Waals surface area contributed by atoms with Crippen molar-refractivity contribution in [2.24, 2.45) is 11.7 Å². The smallest absolute Gasteiger partial charge is 0.306 e. The van der Waals surface area contributed by atoms with E-state index in [4.69, 9.17) is 14.9 Å². The maximum absolute atomic E-state index is 11.5. The normalized spacial score (nSPS) is 24.8. The molecule has 1 saturated carbocycles. The highest BCUT2D eigenvalue weighted by atomic mass is 16.5. The van der Waals surface area contributed by atoms with Crippen LogP contribution in [-0.2, 0) is 9.53 Å². The molecule has 1 aromatic rings. The van der Waals surface area contributed by atoms with Crippen molar-refractivity contribution in [1.29, 1.82) is 0 Å². The summed E-state index contributed by atoms with van der Waals surface area (Å²) in [5.41, 5.74) is 6.11. The lowest BCUT2D eigenvalue weighted by molar-refractivity contribution is -0.141. The molecule has 0 amide bonds. The predicted octanol–water partition coefficient (Wildman–Crippen LogP) is 2.79. The van der Waals surface area contributed by atoms with Gasteiger partial charge in [-0.2, -0.15) is 0 Å². The second-order valence-corrected chi connectivity index (χ2v) is 5.52. The summed E-state index contributed by atoms with van der Waals surface area (Å²) >= 11 is 0. The van der Waals surface area contributed by atoms with Crippen molar-refractivity contribution in [1.82, 2.24) is 0 Å². The van der Waals surface area contributed by atoms with Crippen LogP contribution in [0, 0.1) is 5.92 Å². The van der Waals surface area contributed by atoms with Crippen LogP contribution in [0.1, 0.15) is 56.5 Å². The first kappa shape index (κ1) is 14.1. The first-order valence-electron chi connectivity index (χ1n) is 6.98. The van der Waals surface area contributed by atoms with Gasteiger partial charge >= 0.3 is 5.97 Å². The van der Waals surface area contributed by atoms with Crippen LogP contribution in [0.5, 0.6) is 0 Å². The van der Waals surface area contributed by atoms with E-state index in [1.165, 1.54) is 13.5 Å². The molecule has 0 spiro atoms. The molecule has 0 saturated heterocycles. The van der Waals surface area contributed by atoms with Crippen molar-refractivity contribution in [3.05, 3.63) is 23.7 Å². The number of hydrogen-bond donors (Lipinski definition) is 1. The van der Waals surface area contributed by atoms with Gasteiger partial charge in [-0.05, 0) is 30.9 Å². The van der Waals surface area contributed by atoms with Crippen molar-refractivity contribution >= 4 is 5.97 Å². The fraction of sp³-hybridized carbons (Fsp3) is 0.667. The van der Waals surface area contributed by atoms with E-state index in [9.17, 15) is 4.79 Å². The summed E-state index contributed by atoms with van der Waals surface area (Å²) in [6, 6.07) is 3.90. The molecule has 4 atom stereocenters. The molecule has 0 radical (unpaired) electrons. The highest BCUT2D eigenvalue weighted by molar-refractivity contribution is 5.70. The van der Waals surface area contributed by atoms with Crippen molar-refractivity contribution in [2.75, 3.05) is 7.11 Å². The number of nitrogens with two attached hydrogens (primary N) is 1. The second kappa shape index (κ2) is 5.78. The number of furan rings is 1. The molecule has 4 unspecified atom stereocenters. The van der Waals surface area contributed by atoms with Crippen LogP contribution in [-0.4, -0.2) is 19.1 Å². The van der Waals surface area contributed by atoms with Gasteiger partial charge in [0.1, 0.15) is 11.5 Å². The average molecular weight is 265 g/mol. The molecule has 19 heavy (non-hydrogen) atoms. The Bertz CT molecular complexity index is 440. The van der Waals surface area contributed by atoms with Crippen LogP contribution in [0.25, 0.3) is 0 Å². The number of hydrogen-bond acceptors (Lipinski definition) is 4. The largest absolute Gasteiger partial charge is 0.469 e. The fourth-order valence-corrected chi connectivity index (χ4v) is 2.50. The van der Waals surface area contributed by atoms with Gasteiger partial charge in [-0.25, -0.2) is 0 Å². The van der Waals surface area contributed by atoms with Gasteiger partial charge in [0.05, 0.1) is 13.5 Å². The SMILES string of the molecule is CCC(N)C(CC(=O)OC)c1ccc(C2CC2C)o1. The van der Waals surface area contributed by atoms with Crippen molar-refractivity contribution < 1.29 is 13.9 Å². The van der Waals surface area contributed by atoms with Crippen molar-refractivity contribution in [3.63, 3.8) is 0 Å².